The molecule has 0 spiro atoms. The molecule has 15 heavy (non-hydrogen) atoms. The van der Waals surface area contributed by atoms with Crippen LogP contribution in [0.2, 0.25) is 0 Å². The van der Waals surface area contributed by atoms with E-state index in [-0.39, 0.29) is 12.1 Å². The molecule has 0 aliphatic rings. The molecule has 0 atom stereocenters. The maximum Gasteiger partial charge on any atom is 0.417 e. The van der Waals surface area contributed by atoms with Gasteiger partial charge >= 0.3 is 6.18 Å². The summed E-state index contributed by atoms with van der Waals surface area (Å²) in [5, 5.41) is 16.8. The zero-order valence-corrected chi connectivity index (χ0v) is 7.34. The molecule has 1 aromatic heterocycles. The Labute approximate surface area is 83.4 Å². The van der Waals surface area contributed by atoms with E-state index in [4.69, 9.17) is 10.5 Å². The number of rotatable bonds is 1. The van der Waals surface area contributed by atoms with Gasteiger partial charge in [0.25, 0.3) is 0 Å². The molecule has 0 saturated carbocycles. The van der Waals surface area contributed by atoms with Gasteiger partial charge in [0.05, 0.1) is 29.3 Å². The summed E-state index contributed by atoms with van der Waals surface area (Å²) in [5.41, 5.74) is -1.58. The maximum atomic E-state index is 12.4. The van der Waals surface area contributed by atoms with E-state index < -0.39 is 17.3 Å². The van der Waals surface area contributed by atoms with Gasteiger partial charge < -0.3 is 0 Å². The van der Waals surface area contributed by atoms with Crippen molar-refractivity contribution in [3.05, 3.63) is 29.1 Å². The predicted molar refractivity (Wildman–Crippen MR) is 43.3 cm³/mol. The summed E-state index contributed by atoms with van der Waals surface area (Å²) in [6.07, 6.45) is -3.98. The monoisotopic (exact) mass is 211 g/mol. The Hall–Kier alpha value is -2.08. The number of nitrogens with zero attached hydrogens (tertiary/aromatic N) is 3. The second-order valence-corrected chi connectivity index (χ2v) is 2.67. The lowest BCUT2D eigenvalue weighted by atomic mass is 10.1. The SMILES string of the molecule is N#CCc1cc(C(F)(F)F)c(C#N)cn1. The molecule has 0 aliphatic heterocycles. The molecule has 0 radical (unpaired) electrons. The highest BCUT2D eigenvalue weighted by atomic mass is 19.4. The second-order valence-electron chi connectivity index (χ2n) is 2.67. The molecule has 0 bridgehead atoms. The van der Waals surface area contributed by atoms with Crippen LogP contribution in [-0.2, 0) is 12.6 Å². The Balaban J connectivity index is 3.29. The molecule has 0 amide bonds. The van der Waals surface area contributed by atoms with Gasteiger partial charge in [0.2, 0.25) is 0 Å². The average molecular weight is 211 g/mol. The molecule has 0 N–H and O–H groups in total. The molecule has 1 heterocycles. The molecule has 0 unspecified atom stereocenters. The molecule has 0 aromatic carbocycles. The number of hydrogen-bond donors (Lipinski definition) is 0. The van der Waals surface area contributed by atoms with E-state index in [2.05, 4.69) is 4.98 Å². The van der Waals surface area contributed by atoms with Gasteiger partial charge in [-0.25, -0.2) is 0 Å². The molecule has 1 aromatic rings. The molecule has 3 nitrogen and oxygen atoms in total. The van der Waals surface area contributed by atoms with Crippen LogP contribution in [0.4, 0.5) is 13.2 Å². The third-order valence-corrected chi connectivity index (χ3v) is 1.65. The van der Waals surface area contributed by atoms with Crippen molar-refractivity contribution in [1.82, 2.24) is 4.98 Å². The first-order valence-electron chi connectivity index (χ1n) is 3.82. The first kappa shape index (κ1) is 11.0. The van der Waals surface area contributed by atoms with Crippen molar-refractivity contribution in [2.75, 3.05) is 0 Å². The van der Waals surface area contributed by atoms with Gasteiger partial charge in [0.1, 0.15) is 6.07 Å². The zero-order chi connectivity index (χ0) is 11.5. The van der Waals surface area contributed by atoms with Crippen LogP contribution < -0.4 is 0 Å². The molecule has 0 saturated heterocycles. The number of aromatic nitrogens is 1. The summed E-state index contributed by atoms with van der Waals surface area (Å²) >= 11 is 0. The summed E-state index contributed by atoms with van der Waals surface area (Å²) in [7, 11) is 0. The third-order valence-electron chi connectivity index (χ3n) is 1.65. The summed E-state index contributed by atoms with van der Waals surface area (Å²) < 4.78 is 37.2. The van der Waals surface area contributed by atoms with E-state index >= 15 is 0 Å². The number of alkyl halides is 3. The fourth-order valence-corrected chi connectivity index (χ4v) is 1.000. The van der Waals surface area contributed by atoms with E-state index in [1.807, 2.05) is 0 Å². The van der Waals surface area contributed by atoms with Crippen LogP contribution in [-0.4, -0.2) is 4.98 Å². The van der Waals surface area contributed by atoms with Crippen molar-refractivity contribution >= 4 is 0 Å². The van der Waals surface area contributed by atoms with Crippen LogP contribution in [0, 0.1) is 22.7 Å². The van der Waals surface area contributed by atoms with Gasteiger partial charge in [-0.1, -0.05) is 0 Å². The van der Waals surface area contributed by atoms with Crippen LogP contribution in [0.1, 0.15) is 16.8 Å². The van der Waals surface area contributed by atoms with Crippen molar-refractivity contribution in [2.45, 2.75) is 12.6 Å². The zero-order valence-electron chi connectivity index (χ0n) is 7.34. The van der Waals surface area contributed by atoms with Crippen molar-refractivity contribution in [3.8, 4) is 12.1 Å². The highest BCUT2D eigenvalue weighted by molar-refractivity contribution is 5.38. The Bertz CT molecular complexity index is 451. The van der Waals surface area contributed by atoms with E-state index in [0.29, 0.717) is 0 Å². The largest absolute Gasteiger partial charge is 0.417 e. The highest BCUT2D eigenvalue weighted by Crippen LogP contribution is 2.31. The van der Waals surface area contributed by atoms with Gasteiger partial charge in [-0.2, -0.15) is 23.7 Å². The summed E-state index contributed by atoms with van der Waals surface area (Å²) in [4.78, 5) is 3.57. The molecule has 1 rings (SSSR count). The lowest BCUT2D eigenvalue weighted by molar-refractivity contribution is -0.137. The van der Waals surface area contributed by atoms with Gasteiger partial charge in [0, 0.05) is 6.20 Å². The van der Waals surface area contributed by atoms with Crippen molar-refractivity contribution in [3.63, 3.8) is 0 Å². The van der Waals surface area contributed by atoms with E-state index in [9.17, 15) is 13.2 Å². The Morgan fingerprint density at radius 3 is 2.47 bits per heavy atom. The predicted octanol–water partition coefficient (Wildman–Crippen LogP) is 2.04. The van der Waals surface area contributed by atoms with Crippen LogP contribution in [0.15, 0.2) is 12.3 Å². The smallest absolute Gasteiger partial charge is 0.259 e. The number of nitriles is 2. The summed E-state index contributed by atoms with van der Waals surface area (Å²) in [6.45, 7) is 0. The maximum absolute atomic E-state index is 12.4. The van der Waals surface area contributed by atoms with E-state index in [1.165, 1.54) is 6.07 Å². The molecule has 76 valence electrons. The minimum atomic E-state index is -4.60. The fraction of sp³-hybridized carbons (Fsp3) is 0.222. The Morgan fingerprint density at radius 1 is 1.33 bits per heavy atom. The Morgan fingerprint density at radius 2 is 2.00 bits per heavy atom. The first-order valence-corrected chi connectivity index (χ1v) is 3.82. The van der Waals surface area contributed by atoms with Gasteiger partial charge in [0.15, 0.2) is 0 Å². The average Bonchev–Trinajstić information content (AvgIpc) is 2.17. The van der Waals surface area contributed by atoms with Crippen LogP contribution >= 0.6 is 0 Å². The fourth-order valence-electron chi connectivity index (χ4n) is 1.000. The van der Waals surface area contributed by atoms with Crippen molar-refractivity contribution < 1.29 is 13.2 Å². The van der Waals surface area contributed by atoms with E-state index in [0.717, 1.165) is 12.3 Å². The molecule has 6 heteroatoms. The molecular weight excluding hydrogens is 207 g/mol. The topological polar surface area (TPSA) is 60.5 Å². The highest BCUT2D eigenvalue weighted by Gasteiger charge is 2.34. The molecule has 0 fully saturated rings. The second kappa shape index (κ2) is 3.97. The number of hydrogen-bond acceptors (Lipinski definition) is 3. The Kier molecular flexibility index (Phi) is 2.91. The lowest BCUT2D eigenvalue weighted by Crippen LogP contribution is -2.09. The quantitative estimate of drug-likeness (QED) is 0.714. The molecular formula is C9H4F3N3. The molecule has 0 aliphatic carbocycles. The minimum Gasteiger partial charge on any atom is -0.259 e. The minimum absolute atomic E-state index is 0.00354. The van der Waals surface area contributed by atoms with Gasteiger partial charge in [-0.05, 0) is 6.07 Å². The van der Waals surface area contributed by atoms with Gasteiger partial charge in [-0.3, -0.25) is 4.98 Å². The van der Waals surface area contributed by atoms with Crippen LogP contribution in [0.5, 0.6) is 0 Å². The number of pyridine rings is 1. The third kappa shape index (κ3) is 2.44. The standard InChI is InChI=1S/C9H4F3N3/c10-9(11,12)8-3-7(1-2-13)15-5-6(8)4-14/h3,5H,1H2. The van der Waals surface area contributed by atoms with E-state index in [1.54, 1.807) is 6.07 Å². The van der Waals surface area contributed by atoms with Gasteiger partial charge in [-0.15, -0.1) is 0 Å². The van der Waals surface area contributed by atoms with Crippen molar-refractivity contribution in [2.24, 2.45) is 0 Å². The lowest BCUT2D eigenvalue weighted by Gasteiger charge is -2.08. The van der Waals surface area contributed by atoms with Crippen LogP contribution in [0.3, 0.4) is 0 Å². The van der Waals surface area contributed by atoms with Crippen LogP contribution in [0.25, 0.3) is 0 Å². The normalized spacial score (nSPS) is 10.5. The first-order chi connectivity index (χ1) is 6.99. The number of halogens is 3. The van der Waals surface area contributed by atoms with Crippen molar-refractivity contribution in [1.29, 1.82) is 10.5 Å². The summed E-state index contributed by atoms with van der Waals surface area (Å²) in [6, 6.07) is 3.82. The summed E-state index contributed by atoms with van der Waals surface area (Å²) in [5.74, 6) is 0.